The van der Waals surface area contributed by atoms with Crippen molar-refractivity contribution in [3.63, 3.8) is 0 Å². The molecule has 0 radical (unpaired) electrons. The van der Waals surface area contributed by atoms with Crippen LogP contribution in [-0.2, 0) is 0 Å². The summed E-state index contributed by atoms with van der Waals surface area (Å²) in [6.45, 7) is 0. The lowest BCUT2D eigenvalue weighted by atomic mass is 10.0. The van der Waals surface area contributed by atoms with Gasteiger partial charge in [0.1, 0.15) is 5.82 Å². The van der Waals surface area contributed by atoms with E-state index in [4.69, 9.17) is 16.7 Å². The number of benzene rings is 2. The molecule has 0 aliphatic heterocycles. The fraction of sp³-hybridized carbons (Fsp3) is 0. The van der Waals surface area contributed by atoms with Crippen molar-refractivity contribution < 1.29 is 23.1 Å². The van der Waals surface area contributed by atoms with Gasteiger partial charge >= 0.3 is 5.97 Å². The molecular weight excluding hydrogens is 281 g/mol. The third-order valence-corrected chi connectivity index (χ3v) is 2.79. The van der Waals surface area contributed by atoms with Crippen LogP contribution in [0.4, 0.5) is 13.2 Å². The highest BCUT2D eigenvalue weighted by Crippen LogP contribution is 2.33. The van der Waals surface area contributed by atoms with Crippen LogP contribution in [0, 0.1) is 17.5 Å². The van der Waals surface area contributed by atoms with Crippen molar-refractivity contribution in [2.45, 2.75) is 0 Å². The van der Waals surface area contributed by atoms with Crippen LogP contribution in [0.1, 0.15) is 10.4 Å². The van der Waals surface area contributed by atoms with E-state index in [2.05, 4.69) is 0 Å². The summed E-state index contributed by atoms with van der Waals surface area (Å²) in [4.78, 5) is 10.8. The number of aromatic carboxylic acids is 1. The molecule has 98 valence electrons. The number of rotatable bonds is 2. The minimum Gasteiger partial charge on any atom is -0.478 e. The van der Waals surface area contributed by atoms with Crippen molar-refractivity contribution in [2.75, 3.05) is 0 Å². The zero-order chi connectivity index (χ0) is 14.2. The first-order valence-corrected chi connectivity index (χ1v) is 5.45. The summed E-state index contributed by atoms with van der Waals surface area (Å²) in [7, 11) is 0. The Morgan fingerprint density at radius 1 is 1.11 bits per heavy atom. The maximum atomic E-state index is 13.7. The second-order valence-electron chi connectivity index (χ2n) is 3.75. The fourth-order valence-electron chi connectivity index (χ4n) is 1.65. The average Bonchev–Trinajstić information content (AvgIpc) is 2.34. The van der Waals surface area contributed by atoms with Crippen molar-refractivity contribution in [1.29, 1.82) is 0 Å². The first-order valence-electron chi connectivity index (χ1n) is 5.08. The number of hydrogen-bond acceptors (Lipinski definition) is 1. The smallest absolute Gasteiger partial charge is 0.335 e. The van der Waals surface area contributed by atoms with E-state index in [1.807, 2.05) is 0 Å². The van der Waals surface area contributed by atoms with Crippen LogP contribution in [-0.4, -0.2) is 11.1 Å². The van der Waals surface area contributed by atoms with Crippen molar-refractivity contribution in [1.82, 2.24) is 0 Å². The van der Waals surface area contributed by atoms with Crippen LogP contribution >= 0.6 is 11.6 Å². The van der Waals surface area contributed by atoms with Crippen LogP contribution in [0.15, 0.2) is 30.3 Å². The molecule has 2 aromatic rings. The standard InChI is InChI=1S/C13H6ClF3O2/c14-9-1-2-10(16)12(17)11(9)6-3-7(13(18)19)5-8(15)4-6/h1-5H,(H,18,19). The Hall–Kier alpha value is -2.01. The van der Waals surface area contributed by atoms with Gasteiger partial charge in [0.2, 0.25) is 0 Å². The van der Waals surface area contributed by atoms with Crippen LogP contribution in [0.25, 0.3) is 11.1 Å². The average molecular weight is 287 g/mol. The maximum absolute atomic E-state index is 13.7. The molecule has 0 bridgehead atoms. The van der Waals surface area contributed by atoms with E-state index in [1.165, 1.54) is 0 Å². The van der Waals surface area contributed by atoms with Gasteiger partial charge in [-0.05, 0) is 35.9 Å². The number of carbonyl (C=O) groups is 1. The lowest BCUT2D eigenvalue weighted by molar-refractivity contribution is 0.0696. The minimum absolute atomic E-state index is 0.138. The number of hydrogen-bond donors (Lipinski definition) is 1. The molecule has 0 unspecified atom stereocenters. The van der Waals surface area contributed by atoms with E-state index in [0.29, 0.717) is 0 Å². The Kier molecular flexibility index (Phi) is 3.48. The number of carboxylic acid groups (broad SMARTS) is 1. The summed E-state index contributed by atoms with van der Waals surface area (Å²) in [6.07, 6.45) is 0. The van der Waals surface area contributed by atoms with Crippen molar-refractivity contribution in [3.05, 3.63) is 58.4 Å². The van der Waals surface area contributed by atoms with Gasteiger partial charge in [-0.3, -0.25) is 0 Å². The first kappa shape index (κ1) is 13.4. The van der Waals surface area contributed by atoms with Crippen molar-refractivity contribution in [3.8, 4) is 11.1 Å². The molecule has 0 aliphatic rings. The van der Waals surface area contributed by atoms with Gasteiger partial charge in [0.05, 0.1) is 10.6 Å². The molecule has 0 amide bonds. The highest BCUT2D eigenvalue weighted by atomic mass is 35.5. The van der Waals surface area contributed by atoms with E-state index >= 15 is 0 Å². The van der Waals surface area contributed by atoms with Crippen LogP contribution in [0.5, 0.6) is 0 Å². The molecule has 0 heterocycles. The van der Waals surface area contributed by atoms with E-state index in [0.717, 1.165) is 30.3 Å². The van der Waals surface area contributed by atoms with Gasteiger partial charge < -0.3 is 5.11 Å². The predicted molar refractivity (Wildman–Crippen MR) is 63.7 cm³/mol. The summed E-state index contributed by atoms with van der Waals surface area (Å²) < 4.78 is 40.2. The maximum Gasteiger partial charge on any atom is 0.335 e. The molecule has 2 nitrogen and oxygen atoms in total. The Morgan fingerprint density at radius 3 is 2.42 bits per heavy atom. The Morgan fingerprint density at radius 2 is 1.79 bits per heavy atom. The monoisotopic (exact) mass is 286 g/mol. The van der Waals surface area contributed by atoms with Crippen molar-refractivity contribution in [2.24, 2.45) is 0 Å². The quantitative estimate of drug-likeness (QED) is 0.843. The fourth-order valence-corrected chi connectivity index (χ4v) is 1.90. The van der Waals surface area contributed by atoms with Crippen LogP contribution < -0.4 is 0 Å². The second-order valence-corrected chi connectivity index (χ2v) is 4.16. The molecule has 0 aliphatic carbocycles. The second kappa shape index (κ2) is 4.93. The van der Waals surface area contributed by atoms with E-state index in [9.17, 15) is 18.0 Å². The Bertz CT molecular complexity index is 671. The first-order chi connectivity index (χ1) is 8.90. The highest BCUT2D eigenvalue weighted by molar-refractivity contribution is 6.33. The third kappa shape index (κ3) is 2.56. The molecule has 19 heavy (non-hydrogen) atoms. The van der Waals surface area contributed by atoms with Crippen molar-refractivity contribution >= 4 is 17.6 Å². The van der Waals surface area contributed by atoms with Gasteiger partial charge in [0.15, 0.2) is 11.6 Å². The molecule has 0 spiro atoms. The molecule has 0 aromatic heterocycles. The topological polar surface area (TPSA) is 37.3 Å². The lowest BCUT2D eigenvalue weighted by Gasteiger charge is -2.08. The molecule has 2 aromatic carbocycles. The Balaban J connectivity index is 2.72. The summed E-state index contributed by atoms with van der Waals surface area (Å²) >= 11 is 5.74. The van der Waals surface area contributed by atoms with Gasteiger partial charge in [0, 0.05) is 5.56 Å². The summed E-state index contributed by atoms with van der Waals surface area (Å²) in [6, 6.07) is 4.63. The van der Waals surface area contributed by atoms with E-state index in [-0.39, 0.29) is 21.7 Å². The van der Waals surface area contributed by atoms with E-state index < -0.39 is 23.4 Å². The number of carboxylic acids is 1. The van der Waals surface area contributed by atoms with Crippen LogP contribution in [0.2, 0.25) is 5.02 Å². The highest BCUT2D eigenvalue weighted by Gasteiger charge is 2.17. The Labute approximate surface area is 111 Å². The zero-order valence-electron chi connectivity index (χ0n) is 9.25. The molecule has 6 heteroatoms. The predicted octanol–water partition coefficient (Wildman–Crippen LogP) is 4.12. The summed E-state index contributed by atoms with van der Waals surface area (Å²) in [5.41, 5.74) is -0.891. The largest absolute Gasteiger partial charge is 0.478 e. The number of halogens is 4. The zero-order valence-corrected chi connectivity index (χ0v) is 10.0. The van der Waals surface area contributed by atoms with Gasteiger partial charge in [-0.2, -0.15) is 0 Å². The third-order valence-electron chi connectivity index (χ3n) is 2.48. The summed E-state index contributed by atoms with van der Waals surface area (Å²) in [5.74, 6) is -4.67. The van der Waals surface area contributed by atoms with Gasteiger partial charge in [-0.15, -0.1) is 0 Å². The molecule has 0 saturated heterocycles. The molecule has 1 N–H and O–H groups in total. The van der Waals surface area contributed by atoms with Gasteiger partial charge in [-0.1, -0.05) is 11.6 Å². The molecule has 2 rings (SSSR count). The van der Waals surface area contributed by atoms with E-state index in [1.54, 1.807) is 0 Å². The molecule has 0 fully saturated rings. The SMILES string of the molecule is O=C(O)c1cc(F)cc(-c2c(Cl)ccc(F)c2F)c1. The normalized spacial score (nSPS) is 10.5. The molecule has 0 atom stereocenters. The minimum atomic E-state index is -1.38. The molecular formula is C13H6ClF3O2. The summed E-state index contributed by atoms with van der Waals surface area (Å²) in [5, 5.41) is 8.67. The van der Waals surface area contributed by atoms with Crippen LogP contribution in [0.3, 0.4) is 0 Å². The molecule has 0 saturated carbocycles. The lowest BCUT2D eigenvalue weighted by Crippen LogP contribution is -1.99. The van der Waals surface area contributed by atoms with Gasteiger partial charge in [-0.25, -0.2) is 18.0 Å². The van der Waals surface area contributed by atoms with Gasteiger partial charge in [0.25, 0.3) is 0 Å².